The van der Waals surface area contributed by atoms with Gasteiger partial charge in [-0.3, -0.25) is 9.78 Å². The van der Waals surface area contributed by atoms with Gasteiger partial charge in [-0.15, -0.1) is 36.2 Å². The summed E-state index contributed by atoms with van der Waals surface area (Å²) in [5, 5.41) is 9.49. The lowest BCUT2D eigenvalue weighted by atomic mass is 9.84. The highest BCUT2D eigenvalue weighted by molar-refractivity contribution is 7.09. The lowest BCUT2D eigenvalue weighted by Crippen LogP contribution is -2.34. The fourth-order valence-corrected chi connectivity index (χ4v) is 4.10. The Bertz CT molecular complexity index is 677. The van der Waals surface area contributed by atoms with Crippen molar-refractivity contribution < 1.29 is 4.79 Å². The van der Waals surface area contributed by atoms with E-state index in [2.05, 4.69) is 27.5 Å². The van der Waals surface area contributed by atoms with Crippen molar-refractivity contribution in [2.45, 2.75) is 32.6 Å². The Morgan fingerprint density at radius 3 is 2.78 bits per heavy atom. The minimum Gasteiger partial charge on any atom is -0.356 e. The molecule has 8 heteroatoms. The van der Waals surface area contributed by atoms with Gasteiger partial charge >= 0.3 is 0 Å². The second-order valence-electron chi connectivity index (χ2n) is 6.71. The average molecular weight is 431 g/mol. The number of halogens is 2. The Hall–Kier alpha value is -1.21. The first kappa shape index (κ1) is 23.8. The number of amides is 1. The van der Waals surface area contributed by atoms with Gasteiger partial charge in [0.2, 0.25) is 5.91 Å². The maximum atomic E-state index is 12.2. The SMILES string of the molecule is CC(CC(=O)NCCc1nc(-c2ccccn2)cs1)C1CCNCC1.Cl.Cl. The second-order valence-corrected chi connectivity index (χ2v) is 7.65. The number of aromatic nitrogens is 2. The van der Waals surface area contributed by atoms with Gasteiger partial charge in [-0.1, -0.05) is 13.0 Å². The first-order valence-electron chi connectivity index (χ1n) is 9.05. The van der Waals surface area contributed by atoms with Crippen molar-refractivity contribution in [1.29, 1.82) is 0 Å². The minimum atomic E-state index is 0. The molecular formula is C19H28Cl2N4OS. The summed E-state index contributed by atoms with van der Waals surface area (Å²) in [7, 11) is 0. The van der Waals surface area contributed by atoms with E-state index >= 15 is 0 Å². The summed E-state index contributed by atoms with van der Waals surface area (Å²) >= 11 is 1.62. The van der Waals surface area contributed by atoms with Gasteiger partial charge in [-0.25, -0.2) is 4.98 Å². The van der Waals surface area contributed by atoms with E-state index in [4.69, 9.17) is 0 Å². The summed E-state index contributed by atoms with van der Waals surface area (Å²) < 4.78 is 0. The first-order chi connectivity index (χ1) is 12.2. The summed E-state index contributed by atoms with van der Waals surface area (Å²) in [6.45, 7) is 5.01. The maximum Gasteiger partial charge on any atom is 0.220 e. The highest BCUT2D eigenvalue weighted by atomic mass is 35.5. The molecule has 1 aliphatic rings. The molecule has 0 aliphatic carbocycles. The number of nitrogens with one attached hydrogen (secondary N) is 2. The molecular weight excluding hydrogens is 403 g/mol. The molecule has 3 heterocycles. The molecule has 2 aromatic rings. The van der Waals surface area contributed by atoms with Crippen LogP contribution in [0.5, 0.6) is 0 Å². The molecule has 2 N–H and O–H groups in total. The van der Waals surface area contributed by atoms with Crippen LogP contribution in [0.4, 0.5) is 0 Å². The topological polar surface area (TPSA) is 66.9 Å². The number of hydrogen-bond acceptors (Lipinski definition) is 5. The van der Waals surface area contributed by atoms with Gasteiger partial charge in [0.1, 0.15) is 0 Å². The Balaban J connectivity index is 0.00000182. The van der Waals surface area contributed by atoms with Gasteiger partial charge in [0, 0.05) is 31.0 Å². The van der Waals surface area contributed by atoms with Crippen LogP contribution in [0.15, 0.2) is 29.8 Å². The van der Waals surface area contributed by atoms with Gasteiger partial charge in [0.25, 0.3) is 0 Å². The third-order valence-corrected chi connectivity index (χ3v) is 5.74. The number of hydrogen-bond donors (Lipinski definition) is 2. The predicted octanol–water partition coefficient (Wildman–Crippen LogP) is 3.73. The fourth-order valence-electron chi connectivity index (χ4n) is 3.31. The van der Waals surface area contributed by atoms with Crippen molar-refractivity contribution in [3.05, 3.63) is 34.8 Å². The molecule has 1 amide bonds. The molecule has 0 radical (unpaired) electrons. The molecule has 0 spiro atoms. The molecule has 1 saturated heterocycles. The highest BCUT2D eigenvalue weighted by Gasteiger charge is 2.21. The van der Waals surface area contributed by atoms with Gasteiger partial charge < -0.3 is 10.6 Å². The van der Waals surface area contributed by atoms with Crippen LogP contribution >= 0.6 is 36.2 Å². The quantitative estimate of drug-likeness (QED) is 0.701. The standard InChI is InChI=1S/C19H26N4OS.2ClH/c1-14(15-5-9-20-10-6-15)12-18(24)22-11-7-19-23-17(13-25-19)16-4-2-3-8-21-16;;/h2-4,8,13-15,20H,5-7,9-12H2,1H3,(H,22,24);2*1H. The van der Waals surface area contributed by atoms with E-state index in [0.29, 0.717) is 24.8 Å². The van der Waals surface area contributed by atoms with Crippen molar-refractivity contribution in [2.75, 3.05) is 19.6 Å². The van der Waals surface area contributed by atoms with Crippen molar-refractivity contribution in [1.82, 2.24) is 20.6 Å². The van der Waals surface area contributed by atoms with Crippen LogP contribution in [0, 0.1) is 11.8 Å². The molecule has 2 aromatic heterocycles. The van der Waals surface area contributed by atoms with Gasteiger partial charge in [0.05, 0.1) is 16.4 Å². The number of nitrogens with zero attached hydrogens (tertiary/aromatic N) is 2. The largest absolute Gasteiger partial charge is 0.356 e. The van der Waals surface area contributed by atoms with Crippen LogP contribution in [0.25, 0.3) is 11.4 Å². The fraction of sp³-hybridized carbons (Fsp3) is 0.526. The van der Waals surface area contributed by atoms with E-state index in [1.807, 2.05) is 23.6 Å². The predicted molar refractivity (Wildman–Crippen MR) is 116 cm³/mol. The lowest BCUT2D eigenvalue weighted by Gasteiger charge is -2.27. The van der Waals surface area contributed by atoms with Gasteiger partial charge in [0.15, 0.2) is 0 Å². The van der Waals surface area contributed by atoms with Crippen molar-refractivity contribution in [2.24, 2.45) is 11.8 Å². The van der Waals surface area contributed by atoms with E-state index in [0.717, 1.165) is 35.9 Å². The zero-order valence-corrected chi connectivity index (χ0v) is 18.0. The molecule has 1 aliphatic heterocycles. The van der Waals surface area contributed by atoms with Crippen molar-refractivity contribution >= 4 is 42.1 Å². The monoisotopic (exact) mass is 430 g/mol. The Morgan fingerprint density at radius 2 is 2.07 bits per heavy atom. The number of carbonyl (C=O) groups is 1. The van der Waals surface area contributed by atoms with E-state index < -0.39 is 0 Å². The Morgan fingerprint density at radius 1 is 1.30 bits per heavy atom. The zero-order valence-electron chi connectivity index (χ0n) is 15.5. The summed E-state index contributed by atoms with van der Waals surface area (Å²) in [6, 6.07) is 5.82. The lowest BCUT2D eigenvalue weighted by molar-refractivity contribution is -0.122. The number of thiazole rings is 1. The van der Waals surface area contributed by atoms with E-state index in [1.165, 1.54) is 12.8 Å². The summed E-state index contributed by atoms with van der Waals surface area (Å²) in [6.07, 6.45) is 5.54. The second kappa shape index (κ2) is 12.3. The third-order valence-electron chi connectivity index (χ3n) is 4.84. The number of piperidine rings is 1. The Labute approximate surface area is 177 Å². The number of pyridine rings is 1. The molecule has 27 heavy (non-hydrogen) atoms. The van der Waals surface area contributed by atoms with Crippen LogP contribution in [-0.2, 0) is 11.2 Å². The van der Waals surface area contributed by atoms with Crippen molar-refractivity contribution in [3.63, 3.8) is 0 Å². The average Bonchev–Trinajstić information content (AvgIpc) is 3.12. The van der Waals surface area contributed by atoms with Crippen LogP contribution < -0.4 is 10.6 Å². The van der Waals surface area contributed by atoms with Crippen LogP contribution in [0.3, 0.4) is 0 Å². The molecule has 1 unspecified atom stereocenters. The normalized spacial score (nSPS) is 15.3. The molecule has 1 fully saturated rings. The molecule has 1 atom stereocenters. The molecule has 0 saturated carbocycles. The van der Waals surface area contributed by atoms with Crippen LogP contribution in [0.1, 0.15) is 31.2 Å². The van der Waals surface area contributed by atoms with Gasteiger partial charge in [-0.05, 0) is 49.9 Å². The number of carbonyl (C=O) groups excluding carboxylic acids is 1. The molecule has 150 valence electrons. The summed E-state index contributed by atoms with van der Waals surface area (Å²) in [4.78, 5) is 21.1. The molecule has 0 aromatic carbocycles. The third kappa shape index (κ3) is 7.37. The van der Waals surface area contributed by atoms with Crippen LogP contribution in [-0.4, -0.2) is 35.5 Å². The smallest absolute Gasteiger partial charge is 0.220 e. The highest BCUT2D eigenvalue weighted by Crippen LogP contribution is 2.24. The first-order valence-corrected chi connectivity index (χ1v) is 9.93. The number of rotatable bonds is 7. The van der Waals surface area contributed by atoms with Crippen molar-refractivity contribution in [3.8, 4) is 11.4 Å². The minimum absolute atomic E-state index is 0. The van der Waals surface area contributed by atoms with Gasteiger partial charge in [-0.2, -0.15) is 0 Å². The van der Waals surface area contributed by atoms with E-state index in [1.54, 1.807) is 17.5 Å². The maximum absolute atomic E-state index is 12.2. The van der Waals surface area contributed by atoms with E-state index in [9.17, 15) is 4.79 Å². The summed E-state index contributed by atoms with van der Waals surface area (Å²) in [5.41, 5.74) is 1.80. The molecule has 0 bridgehead atoms. The summed E-state index contributed by atoms with van der Waals surface area (Å²) in [5.74, 6) is 1.29. The zero-order chi connectivity index (χ0) is 17.5. The van der Waals surface area contributed by atoms with E-state index in [-0.39, 0.29) is 30.7 Å². The Kier molecular flexibility index (Phi) is 10.8. The van der Waals surface area contributed by atoms with Crippen LogP contribution in [0.2, 0.25) is 0 Å². The molecule has 3 rings (SSSR count). The molecule has 5 nitrogen and oxygen atoms in total.